The van der Waals surface area contributed by atoms with Gasteiger partial charge < -0.3 is 10.1 Å². The van der Waals surface area contributed by atoms with Gasteiger partial charge >= 0.3 is 0 Å². The standard InChI is InChI=1S/C17H20ClNOS/c1-11(2)20-16-7-6-12(10-14(16)18)19-15-4-3-5-17-13(15)8-9-21-17/h6-11,15,19H,3-5H2,1-2H3. The fourth-order valence-corrected chi connectivity index (χ4v) is 3.99. The molecular weight excluding hydrogens is 302 g/mol. The minimum atomic E-state index is 0.132. The Morgan fingerprint density at radius 1 is 1.33 bits per heavy atom. The summed E-state index contributed by atoms with van der Waals surface area (Å²) >= 11 is 8.17. The van der Waals surface area contributed by atoms with E-state index in [1.807, 2.05) is 43.4 Å². The van der Waals surface area contributed by atoms with Crippen molar-refractivity contribution in [2.75, 3.05) is 5.32 Å². The van der Waals surface area contributed by atoms with Crippen LogP contribution in [0.4, 0.5) is 5.69 Å². The van der Waals surface area contributed by atoms with Crippen molar-refractivity contribution in [3.8, 4) is 5.75 Å². The van der Waals surface area contributed by atoms with Crippen LogP contribution in [-0.2, 0) is 6.42 Å². The highest BCUT2D eigenvalue weighted by Crippen LogP contribution is 2.37. The Balaban J connectivity index is 1.76. The lowest BCUT2D eigenvalue weighted by Gasteiger charge is -2.25. The summed E-state index contributed by atoms with van der Waals surface area (Å²) in [5.41, 5.74) is 2.50. The molecule has 0 saturated carbocycles. The van der Waals surface area contributed by atoms with Crippen molar-refractivity contribution >= 4 is 28.6 Å². The van der Waals surface area contributed by atoms with Crippen LogP contribution in [0.5, 0.6) is 5.75 Å². The third-order valence-corrected chi connectivity index (χ3v) is 4.98. The number of rotatable bonds is 4. The first-order chi connectivity index (χ1) is 10.1. The normalized spacial score (nSPS) is 17.6. The summed E-state index contributed by atoms with van der Waals surface area (Å²) in [6.45, 7) is 4.01. The number of ether oxygens (including phenoxy) is 1. The average molecular weight is 322 g/mol. The van der Waals surface area contributed by atoms with Crippen molar-refractivity contribution in [1.82, 2.24) is 0 Å². The van der Waals surface area contributed by atoms with Crippen molar-refractivity contribution in [1.29, 1.82) is 0 Å². The number of anilines is 1. The Bertz CT molecular complexity index is 623. The van der Waals surface area contributed by atoms with Crippen LogP contribution in [0.2, 0.25) is 5.02 Å². The second kappa shape index (κ2) is 6.29. The van der Waals surface area contributed by atoms with Gasteiger partial charge in [0.25, 0.3) is 0 Å². The second-order valence-corrected chi connectivity index (χ2v) is 7.11. The molecule has 21 heavy (non-hydrogen) atoms. The van der Waals surface area contributed by atoms with Gasteiger partial charge in [0.2, 0.25) is 0 Å². The molecule has 1 aliphatic rings. The van der Waals surface area contributed by atoms with Crippen LogP contribution < -0.4 is 10.1 Å². The topological polar surface area (TPSA) is 21.3 Å². The monoisotopic (exact) mass is 321 g/mol. The number of benzene rings is 1. The summed E-state index contributed by atoms with van der Waals surface area (Å²) in [5.74, 6) is 0.747. The lowest BCUT2D eigenvalue weighted by Crippen LogP contribution is -2.15. The molecule has 1 unspecified atom stereocenters. The quantitative estimate of drug-likeness (QED) is 0.782. The van der Waals surface area contributed by atoms with Gasteiger partial charge in [-0.2, -0.15) is 0 Å². The molecule has 0 radical (unpaired) electrons. The van der Waals surface area contributed by atoms with Crippen molar-refractivity contribution in [2.24, 2.45) is 0 Å². The molecule has 112 valence electrons. The molecule has 1 heterocycles. The molecule has 2 aromatic rings. The third kappa shape index (κ3) is 3.35. The molecular formula is C17H20ClNOS. The van der Waals surface area contributed by atoms with Crippen LogP contribution in [0.15, 0.2) is 29.6 Å². The van der Waals surface area contributed by atoms with Gasteiger partial charge in [0.05, 0.1) is 17.2 Å². The molecule has 0 fully saturated rings. The van der Waals surface area contributed by atoms with E-state index in [9.17, 15) is 0 Å². The van der Waals surface area contributed by atoms with Gasteiger partial charge in [0.1, 0.15) is 5.75 Å². The van der Waals surface area contributed by atoms with Crippen molar-refractivity contribution in [3.63, 3.8) is 0 Å². The largest absolute Gasteiger partial charge is 0.489 e. The predicted octanol–water partition coefficient (Wildman–Crippen LogP) is 5.68. The molecule has 0 bridgehead atoms. The highest BCUT2D eigenvalue weighted by atomic mass is 35.5. The first kappa shape index (κ1) is 14.7. The molecule has 1 aromatic heterocycles. The van der Waals surface area contributed by atoms with Gasteiger partial charge in [-0.3, -0.25) is 0 Å². The Morgan fingerprint density at radius 3 is 2.95 bits per heavy atom. The summed E-state index contributed by atoms with van der Waals surface area (Å²) < 4.78 is 5.68. The van der Waals surface area contributed by atoms with Gasteiger partial charge in [-0.15, -0.1) is 11.3 Å². The summed E-state index contributed by atoms with van der Waals surface area (Å²) in [5, 5.41) is 6.46. The van der Waals surface area contributed by atoms with Gasteiger partial charge in [0.15, 0.2) is 0 Å². The van der Waals surface area contributed by atoms with Crippen LogP contribution in [-0.4, -0.2) is 6.10 Å². The number of aryl methyl sites for hydroxylation is 1. The van der Waals surface area contributed by atoms with E-state index in [1.165, 1.54) is 29.7 Å². The Hall–Kier alpha value is -1.19. The molecule has 3 rings (SSSR count). The van der Waals surface area contributed by atoms with E-state index in [0.29, 0.717) is 11.1 Å². The number of hydrogen-bond acceptors (Lipinski definition) is 3. The SMILES string of the molecule is CC(C)Oc1ccc(NC2CCCc3sccc32)cc1Cl. The lowest BCUT2D eigenvalue weighted by molar-refractivity contribution is 0.242. The molecule has 1 aliphatic carbocycles. The van der Waals surface area contributed by atoms with E-state index < -0.39 is 0 Å². The average Bonchev–Trinajstić information content (AvgIpc) is 2.91. The first-order valence-electron chi connectivity index (χ1n) is 7.42. The molecule has 1 atom stereocenters. The fraction of sp³-hybridized carbons (Fsp3) is 0.412. The van der Waals surface area contributed by atoms with Crippen molar-refractivity contribution in [3.05, 3.63) is 45.1 Å². The summed E-state index contributed by atoms with van der Waals surface area (Å²) in [6, 6.07) is 8.59. The second-order valence-electron chi connectivity index (χ2n) is 5.70. The Morgan fingerprint density at radius 2 is 2.19 bits per heavy atom. The molecule has 0 aliphatic heterocycles. The minimum absolute atomic E-state index is 0.132. The molecule has 1 aromatic carbocycles. The van der Waals surface area contributed by atoms with E-state index in [2.05, 4.69) is 16.8 Å². The summed E-state index contributed by atoms with van der Waals surface area (Å²) in [6.07, 6.45) is 3.76. The predicted molar refractivity (Wildman–Crippen MR) is 90.8 cm³/mol. The van der Waals surface area contributed by atoms with Gasteiger partial charge in [-0.05, 0) is 68.3 Å². The number of thiophene rings is 1. The lowest BCUT2D eigenvalue weighted by atomic mass is 9.94. The van der Waals surface area contributed by atoms with Crippen LogP contribution in [0, 0.1) is 0 Å². The maximum absolute atomic E-state index is 6.31. The van der Waals surface area contributed by atoms with Gasteiger partial charge in [0, 0.05) is 10.6 Å². The Labute approximate surface area is 135 Å². The zero-order valence-corrected chi connectivity index (χ0v) is 13.9. The fourth-order valence-electron chi connectivity index (χ4n) is 2.78. The van der Waals surface area contributed by atoms with E-state index in [4.69, 9.17) is 16.3 Å². The molecule has 0 spiro atoms. The summed E-state index contributed by atoms with van der Waals surface area (Å²) in [4.78, 5) is 1.52. The molecule has 0 saturated heterocycles. The van der Waals surface area contributed by atoms with Crippen molar-refractivity contribution in [2.45, 2.75) is 45.3 Å². The van der Waals surface area contributed by atoms with Gasteiger partial charge in [-0.1, -0.05) is 11.6 Å². The van der Waals surface area contributed by atoms with Crippen LogP contribution in [0.3, 0.4) is 0 Å². The highest BCUT2D eigenvalue weighted by molar-refractivity contribution is 7.10. The van der Waals surface area contributed by atoms with E-state index >= 15 is 0 Å². The number of fused-ring (bicyclic) bond motifs is 1. The molecule has 2 nitrogen and oxygen atoms in total. The first-order valence-corrected chi connectivity index (χ1v) is 8.68. The minimum Gasteiger partial charge on any atom is -0.489 e. The third-order valence-electron chi connectivity index (χ3n) is 3.69. The number of hydrogen-bond donors (Lipinski definition) is 1. The highest BCUT2D eigenvalue weighted by Gasteiger charge is 2.21. The van der Waals surface area contributed by atoms with Crippen LogP contribution in [0.25, 0.3) is 0 Å². The van der Waals surface area contributed by atoms with Crippen LogP contribution in [0.1, 0.15) is 43.2 Å². The smallest absolute Gasteiger partial charge is 0.138 e. The maximum Gasteiger partial charge on any atom is 0.138 e. The van der Waals surface area contributed by atoms with Gasteiger partial charge in [-0.25, -0.2) is 0 Å². The van der Waals surface area contributed by atoms with E-state index in [-0.39, 0.29) is 6.10 Å². The Kier molecular flexibility index (Phi) is 4.41. The number of nitrogens with one attached hydrogen (secondary N) is 1. The van der Waals surface area contributed by atoms with E-state index in [0.717, 1.165) is 11.4 Å². The van der Waals surface area contributed by atoms with E-state index in [1.54, 1.807) is 0 Å². The van der Waals surface area contributed by atoms with Crippen LogP contribution >= 0.6 is 22.9 Å². The number of halogens is 1. The molecule has 1 N–H and O–H groups in total. The zero-order chi connectivity index (χ0) is 14.8. The zero-order valence-electron chi connectivity index (χ0n) is 12.4. The van der Waals surface area contributed by atoms with Crippen molar-refractivity contribution < 1.29 is 4.74 Å². The molecule has 0 amide bonds. The summed E-state index contributed by atoms with van der Waals surface area (Å²) in [7, 11) is 0. The maximum atomic E-state index is 6.31. The molecule has 4 heteroatoms.